The Morgan fingerprint density at radius 3 is 1.19 bits per heavy atom. The molecular weight excluding hydrogens is 849 g/mol. The molecule has 0 spiro atoms. The van der Waals surface area contributed by atoms with Gasteiger partial charge in [-0.1, -0.05) is 90.8 Å². The van der Waals surface area contributed by atoms with Crippen LogP contribution >= 0.6 is 0 Å². The molecule has 0 unspecified atom stereocenters. The van der Waals surface area contributed by atoms with Crippen LogP contribution in [0.15, 0.2) is 84.9 Å². The zero-order valence-electron chi connectivity index (χ0n) is 28.9. The van der Waals surface area contributed by atoms with E-state index < -0.39 is 52.7 Å². The molecule has 0 saturated carbocycles. The van der Waals surface area contributed by atoms with Gasteiger partial charge in [0, 0.05) is 0 Å². The Kier molecular flexibility index (Phi) is 10.3. The third kappa shape index (κ3) is 6.30. The summed E-state index contributed by atoms with van der Waals surface area (Å²) in [4.78, 5) is 17.1. The molecule has 0 saturated heterocycles. The number of nitrogens with zero attached hydrogens (tertiary/aromatic N) is 4. The molecule has 3 aromatic heterocycles. The molecule has 18 heteroatoms. The van der Waals surface area contributed by atoms with Crippen LogP contribution in [0.5, 0.6) is 0 Å². The molecule has 5 heterocycles. The largest absolute Gasteiger partial charge is 2.00 e. The molecule has 5 aromatic rings. The van der Waals surface area contributed by atoms with Crippen molar-refractivity contribution in [3.63, 3.8) is 0 Å². The van der Waals surface area contributed by atoms with Gasteiger partial charge in [0.2, 0.25) is 0 Å². The van der Waals surface area contributed by atoms with E-state index in [9.17, 15) is 30.7 Å². The van der Waals surface area contributed by atoms with Crippen molar-refractivity contribution in [1.29, 1.82) is 0 Å². The van der Waals surface area contributed by atoms with Gasteiger partial charge >= 0.3 is 55.3 Å². The summed E-state index contributed by atoms with van der Waals surface area (Å²) in [6.45, 7) is 0. The molecule has 58 heavy (non-hydrogen) atoms. The van der Waals surface area contributed by atoms with Crippen LogP contribution in [0.3, 0.4) is 0 Å². The predicted octanol–water partition coefficient (Wildman–Crippen LogP) is 11.4. The molecule has 0 radical (unpaired) electrons. The fourth-order valence-corrected chi connectivity index (χ4v) is 6.28. The Morgan fingerprint density at radius 2 is 0.810 bits per heavy atom. The summed E-state index contributed by atoms with van der Waals surface area (Å²) in [5.41, 5.74) is -4.22. The van der Waals surface area contributed by atoms with Crippen LogP contribution in [0.1, 0.15) is 33.9 Å². The maximum absolute atomic E-state index is 16.4. The van der Waals surface area contributed by atoms with Crippen molar-refractivity contribution >= 4 is 46.4 Å². The number of hydrogen-bond donors (Lipinski definition) is 0. The van der Waals surface area contributed by atoms with Gasteiger partial charge in [-0.3, -0.25) is 0 Å². The van der Waals surface area contributed by atoms with Crippen LogP contribution < -0.4 is 9.97 Å². The van der Waals surface area contributed by atoms with Gasteiger partial charge in [0.1, 0.15) is 0 Å². The van der Waals surface area contributed by atoms with Crippen molar-refractivity contribution in [2.75, 3.05) is 0 Å². The Hall–Kier alpha value is -5.69. The molecule has 7 rings (SSSR count). The van der Waals surface area contributed by atoms with Crippen LogP contribution in [0.25, 0.3) is 68.6 Å². The fraction of sp³-hybridized carbons (Fsp3) is 0.150. The zero-order valence-corrected chi connectivity index (χ0v) is 31.8. The predicted molar refractivity (Wildman–Crippen MR) is 185 cm³/mol. The summed E-state index contributed by atoms with van der Waals surface area (Å²) in [5.74, 6) is -35.9. The first kappa shape index (κ1) is 41.9. The van der Waals surface area contributed by atoms with Crippen LogP contribution in [-0.2, 0) is 25.4 Å². The standard InChI is InChI=1S/C40H19F13N4.Zn/c1-2-23-24-13-15-26(54-24)32(21-9-5-3-6-10-21)28-17-19-30(56-28)34(35(41,42)36(43,44)37(45,46)38(47,48)39(49,50)40(51,52)53)31-20-18-29(57-31)33(22-11-7-4-8-12-22)27-16-14-25(23)55-27;/h1,3-20H;/q-2;+2. The van der Waals surface area contributed by atoms with E-state index in [-0.39, 0.29) is 69.6 Å². The second kappa shape index (κ2) is 14.3. The number of halogens is 13. The maximum atomic E-state index is 16.4. The molecule has 8 bridgehead atoms. The summed E-state index contributed by atoms with van der Waals surface area (Å²) >= 11 is 0. The van der Waals surface area contributed by atoms with Crippen molar-refractivity contribution in [2.45, 2.75) is 35.8 Å². The van der Waals surface area contributed by atoms with Crippen molar-refractivity contribution in [3.8, 4) is 34.6 Å². The van der Waals surface area contributed by atoms with Gasteiger partial charge in [0.25, 0.3) is 0 Å². The molecule has 2 aromatic carbocycles. The van der Waals surface area contributed by atoms with E-state index in [2.05, 4.69) is 25.9 Å². The number of hydrogen-bond acceptors (Lipinski definition) is 2. The molecule has 0 N–H and O–H groups in total. The first-order valence-electron chi connectivity index (χ1n) is 16.2. The van der Waals surface area contributed by atoms with Crippen molar-refractivity contribution < 1.29 is 76.6 Å². The van der Waals surface area contributed by atoms with E-state index >= 15 is 26.3 Å². The van der Waals surface area contributed by atoms with Crippen LogP contribution in [-0.4, -0.2) is 39.8 Å². The zero-order chi connectivity index (χ0) is 41.3. The smallest absolute Gasteiger partial charge is 0.656 e. The van der Waals surface area contributed by atoms with Gasteiger partial charge in [0.05, 0.1) is 28.3 Å². The fourth-order valence-electron chi connectivity index (χ4n) is 6.28. The summed E-state index contributed by atoms with van der Waals surface area (Å²) in [6.07, 6.45) is 1.48. The van der Waals surface area contributed by atoms with Crippen molar-refractivity contribution in [2.24, 2.45) is 0 Å². The van der Waals surface area contributed by atoms with Gasteiger partial charge in [-0.15, -0.1) is 28.5 Å². The monoisotopic (exact) mass is 866 g/mol. The third-order valence-corrected chi connectivity index (χ3v) is 9.13. The van der Waals surface area contributed by atoms with Crippen LogP contribution in [0.2, 0.25) is 0 Å². The van der Waals surface area contributed by atoms with E-state index in [4.69, 9.17) is 6.42 Å². The molecule has 2 aliphatic heterocycles. The Morgan fingerprint density at radius 1 is 0.448 bits per heavy atom. The van der Waals surface area contributed by atoms with Crippen LogP contribution in [0, 0.1) is 12.3 Å². The number of alkyl halides is 13. The summed E-state index contributed by atoms with van der Waals surface area (Å²) in [5, 5.41) is 0. The number of terminal acetylenes is 1. The molecular formula is C40H19F13N4Zn. The molecule has 2 aliphatic rings. The Bertz CT molecular complexity index is 2530. The van der Waals surface area contributed by atoms with E-state index in [1.807, 2.05) is 0 Å². The normalized spacial score (nSPS) is 13.7. The minimum absolute atomic E-state index is 0. The molecule has 0 amide bonds. The average Bonchev–Trinajstić information content (AvgIpc) is 3.99. The van der Waals surface area contributed by atoms with Gasteiger partial charge in [-0.25, -0.2) is 9.97 Å². The van der Waals surface area contributed by atoms with Gasteiger partial charge in [-0.05, 0) is 52.1 Å². The van der Waals surface area contributed by atoms with E-state index in [0.717, 1.165) is 12.2 Å². The maximum Gasteiger partial charge on any atom is 2.00 e. The number of rotatable bonds is 7. The van der Waals surface area contributed by atoms with Crippen LogP contribution in [0.4, 0.5) is 57.1 Å². The second-order valence-corrected chi connectivity index (χ2v) is 12.6. The minimum atomic E-state index is -8.11. The topological polar surface area (TPSA) is 54.0 Å². The van der Waals surface area contributed by atoms with Gasteiger partial charge in [0.15, 0.2) is 0 Å². The minimum Gasteiger partial charge on any atom is -0.656 e. The summed E-state index contributed by atoms with van der Waals surface area (Å²) in [7, 11) is 0. The van der Waals surface area contributed by atoms with Gasteiger partial charge in [-0.2, -0.15) is 57.1 Å². The SMILES string of the molecule is C#Cc1c2ccc([n-]2)c(-c2ccccc2)c2nc(c(C(F)(F)C(F)(F)C(F)(F)C(F)(F)C(F)(F)C(F)(F)F)c3nc(c(-c4ccccc4)c4ccc1[n-]4)C=C3)C=C2.[Zn+2]. The number of benzene rings is 2. The molecule has 0 fully saturated rings. The molecule has 292 valence electrons. The second-order valence-electron chi connectivity index (χ2n) is 12.6. The van der Waals surface area contributed by atoms with E-state index in [0.29, 0.717) is 23.3 Å². The quantitative estimate of drug-likeness (QED) is 0.0910. The van der Waals surface area contributed by atoms with Crippen molar-refractivity contribution in [3.05, 3.63) is 119 Å². The first-order valence-corrected chi connectivity index (χ1v) is 16.2. The molecule has 4 nitrogen and oxygen atoms in total. The van der Waals surface area contributed by atoms with Gasteiger partial charge < -0.3 is 9.97 Å². The first-order chi connectivity index (χ1) is 26.7. The number of aromatic nitrogens is 4. The van der Waals surface area contributed by atoms with E-state index in [1.165, 1.54) is 48.5 Å². The molecule has 0 atom stereocenters. The Labute approximate surface area is 331 Å². The van der Waals surface area contributed by atoms with E-state index in [1.54, 1.807) is 36.4 Å². The number of fused-ring (bicyclic) bond motifs is 8. The Balaban J connectivity index is 0.00000567. The summed E-state index contributed by atoms with van der Waals surface area (Å²) < 4.78 is 190. The third-order valence-electron chi connectivity index (χ3n) is 9.13. The average molecular weight is 868 g/mol. The van der Waals surface area contributed by atoms with Crippen molar-refractivity contribution in [1.82, 2.24) is 19.9 Å². The molecule has 0 aliphatic carbocycles. The summed E-state index contributed by atoms with van der Waals surface area (Å²) in [6, 6.07) is 21.3.